The first kappa shape index (κ1) is 17.8. The summed E-state index contributed by atoms with van der Waals surface area (Å²) in [4.78, 5) is 0. The second kappa shape index (κ2) is 8.87. The maximum atomic E-state index is 10.7. The summed E-state index contributed by atoms with van der Waals surface area (Å²) < 4.78 is 5.29. The molecule has 1 fully saturated rings. The van der Waals surface area contributed by atoms with E-state index < -0.39 is 0 Å². The average molecular weight is 332 g/mol. The SMILES string of the molecule is COc1ccc2c(c1)CCC(CCNCCC1CCCCC1)C2O. The fourth-order valence-corrected chi connectivity index (χ4v) is 4.46. The molecule has 0 radical (unpaired) electrons. The van der Waals surface area contributed by atoms with E-state index in [0.29, 0.717) is 5.92 Å². The number of aliphatic hydroxyl groups is 1. The molecule has 2 unspecified atom stereocenters. The molecular weight excluding hydrogens is 298 g/mol. The predicted octanol–water partition coefficient (Wildman–Crippen LogP) is 4.24. The van der Waals surface area contributed by atoms with E-state index in [1.54, 1.807) is 7.11 Å². The number of ether oxygens (including phenoxy) is 1. The fraction of sp³-hybridized carbons (Fsp3) is 0.714. The maximum absolute atomic E-state index is 10.7. The van der Waals surface area contributed by atoms with Crippen LogP contribution in [0.25, 0.3) is 0 Å². The summed E-state index contributed by atoms with van der Waals surface area (Å²) in [6.45, 7) is 2.17. The zero-order chi connectivity index (χ0) is 16.8. The number of aliphatic hydroxyl groups excluding tert-OH is 1. The quantitative estimate of drug-likeness (QED) is 0.734. The molecule has 134 valence electrons. The van der Waals surface area contributed by atoms with Gasteiger partial charge in [0.15, 0.2) is 0 Å². The highest BCUT2D eigenvalue weighted by atomic mass is 16.5. The molecule has 0 saturated heterocycles. The lowest BCUT2D eigenvalue weighted by atomic mass is 9.80. The zero-order valence-corrected chi connectivity index (χ0v) is 15.1. The van der Waals surface area contributed by atoms with Gasteiger partial charge in [0.25, 0.3) is 0 Å². The molecule has 0 aromatic heterocycles. The summed E-state index contributed by atoms with van der Waals surface area (Å²) >= 11 is 0. The van der Waals surface area contributed by atoms with E-state index in [1.165, 1.54) is 44.1 Å². The van der Waals surface area contributed by atoms with E-state index in [1.807, 2.05) is 12.1 Å². The average Bonchev–Trinajstić information content (AvgIpc) is 2.63. The number of methoxy groups -OCH3 is 1. The maximum Gasteiger partial charge on any atom is 0.119 e. The van der Waals surface area contributed by atoms with Crippen LogP contribution < -0.4 is 10.1 Å². The molecule has 1 saturated carbocycles. The summed E-state index contributed by atoms with van der Waals surface area (Å²) in [5, 5.41) is 14.3. The van der Waals surface area contributed by atoms with E-state index in [-0.39, 0.29) is 6.10 Å². The number of rotatable bonds is 7. The molecule has 2 aliphatic rings. The van der Waals surface area contributed by atoms with Gasteiger partial charge in [0.1, 0.15) is 5.75 Å². The molecule has 0 amide bonds. The van der Waals surface area contributed by atoms with Crippen LogP contribution in [-0.2, 0) is 6.42 Å². The monoisotopic (exact) mass is 331 g/mol. The van der Waals surface area contributed by atoms with Gasteiger partial charge in [-0.05, 0) is 73.9 Å². The van der Waals surface area contributed by atoms with Crippen molar-refractivity contribution in [3.63, 3.8) is 0 Å². The van der Waals surface area contributed by atoms with Crippen LogP contribution in [0.2, 0.25) is 0 Å². The molecule has 2 aliphatic carbocycles. The first-order chi connectivity index (χ1) is 11.8. The van der Waals surface area contributed by atoms with E-state index in [0.717, 1.165) is 49.6 Å². The zero-order valence-electron chi connectivity index (χ0n) is 15.1. The van der Waals surface area contributed by atoms with E-state index in [2.05, 4.69) is 11.4 Å². The van der Waals surface area contributed by atoms with Crippen LogP contribution in [0.5, 0.6) is 5.75 Å². The number of benzene rings is 1. The number of aryl methyl sites for hydroxylation is 1. The highest BCUT2D eigenvalue weighted by Gasteiger charge is 2.27. The third-order valence-corrected chi connectivity index (χ3v) is 6.05. The van der Waals surface area contributed by atoms with Gasteiger partial charge in [-0.15, -0.1) is 0 Å². The van der Waals surface area contributed by atoms with Gasteiger partial charge in [0.2, 0.25) is 0 Å². The summed E-state index contributed by atoms with van der Waals surface area (Å²) in [6.07, 6.45) is 11.4. The van der Waals surface area contributed by atoms with Crippen LogP contribution in [0.3, 0.4) is 0 Å². The Labute approximate surface area is 146 Å². The Balaban J connectivity index is 1.39. The Kier molecular flexibility index (Phi) is 6.56. The Morgan fingerprint density at radius 2 is 1.88 bits per heavy atom. The molecule has 24 heavy (non-hydrogen) atoms. The first-order valence-electron chi connectivity index (χ1n) is 9.83. The number of fused-ring (bicyclic) bond motifs is 1. The summed E-state index contributed by atoms with van der Waals surface area (Å²) in [7, 11) is 1.70. The minimum absolute atomic E-state index is 0.320. The summed E-state index contributed by atoms with van der Waals surface area (Å²) in [5.41, 5.74) is 2.36. The van der Waals surface area contributed by atoms with Crippen LogP contribution >= 0.6 is 0 Å². The van der Waals surface area contributed by atoms with Crippen molar-refractivity contribution in [2.45, 2.75) is 63.9 Å². The first-order valence-corrected chi connectivity index (χ1v) is 9.83. The molecule has 3 nitrogen and oxygen atoms in total. The Morgan fingerprint density at radius 1 is 1.08 bits per heavy atom. The second-order valence-corrected chi connectivity index (χ2v) is 7.64. The predicted molar refractivity (Wildman–Crippen MR) is 98.4 cm³/mol. The summed E-state index contributed by atoms with van der Waals surface area (Å²) in [5.74, 6) is 2.23. The molecule has 3 heteroatoms. The highest BCUT2D eigenvalue weighted by molar-refractivity contribution is 5.38. The van der Waals surface area contributed by atoms with Gasteiger partial charge in [-0.2, -0.15) is 0 Å². The number of hydrogen-bond acceptors (Lipinski definition) is 3. The van der Waals surface area contributed by atoms with E-state index >= 15 is 0 Å². The standard InChI is InChI=1S/C21H33NO2/c1-24-19-9-10-20-18(15-19)8-7-17(21(20)23)12-14-22-13-11-16-5-3-2-4-6-16/h9-10,15-17,21-23H,2-8,11-14H2,1H3. The second-order valence-electron chi connectivity index (χ2n) is 7.64. The largest absolute Gasteiger partial charge is 0.497 e. The van der Waals surface area contributed by atoms with Crippen molar-refractivity contribution in [2.24, 2.45) is 11.8 Å². The van der Waals surface area contributed by atoms with Crippen LogP contribution in [0.4, 0.5) is 0 Å². The third kappa shape index (κ3) is 4.52. The smallest absolute Gasteiger partial charge is 0.119 e. The van der Waals surface area contributed by atoms with Crippen LogP contribution in [-0.4, -0.2) is 25.3 Å². The van der Waals surface area contributed by atoms with Crippen molar-refractivity contribution >= 4 is 0 Å². The number of hydrogen-bond donors (Lipinski definition) is 2. The van der Waals surface area contributed by atoms with Crippen molar-refractivity contribution in [2.75, 3.05) is 20.2 Å². The molecule has 2 N–H and O–H groups in total. The minimum Gasteiger partial charge on any atom is -0.497 e. The third-order valence-electron chi connectivity index (χ3n) is 6.05. The van der Waals surface area contributed by atoms with Crippen molar-refractivity contribution in [3.8, 4) is 5.75 Å². The van der Waals surface area contributed by atoms with Gasteiger partial charge in [0.05, 0.1) is 13.2 Å². The van der Waals surface area contributed by atoms with Crippen molar-refractivity contribution < 1.29 is 9.84 Å². The Morgan fingerprint density at radius 3 is 2.67 bits per heavy atom. The Hall–Kier alpha value is -1.06. The Bertz CT molecular complexity index is 511. The molecule has 0 aliphatic heterocycles. The molecule has 1 aromatic rings. The molecule has 0 spiro atoms. The normalized spacial score (nSPS) is 24.6. The van der Waals surface area contributed by atoms with Gasteiger partial charge in [0, 0.05) is 0 Å². The lowest BCUT2D eigenvalue weighted by Crippen LogP contribution is -2.26. The van der Waals surface area contributed by atoms with Crippen molar-refractivity contribution in [1.29, 1.82) is 0 Å². The van der Waals surface area contributed by atoms with E-state index in [9.17, 15) is 5.11 Å². The topological polar surface area (TPSA) is 41.5 Å². The lowest BCUT2D eigenvalue weighted by molar-refractivity contribution is 0.0883. The highest BCUT2D eigenvalue weighted by Crippen LogP contribution is 2.37. The summed E-state index contributed by atoms with van der Waals surface area (Å²) in [6, 6.07) is 6.09. The van der Waals surface area contributed by atoms with Gasteiger partial charge in [-0.25, -0.2) is 0 Å². The minimum atomic E-state index is -0.320. The van der Waals surface area contributed by atoms with Gasteiger partial charge < -0.3 is 15.2 Å². The van der Waals surface area contributed by atoms with Gasteiger partial charge in [-0.3, -0.25) is 0 Å². The van der Waals surface area contributed by atoms with Crippen molar-refractivity contribution in [3.05, 3.63) is 29.3 Å². The van der Waals surface area contributed by atoms with Crippen LogP contribution in [0.1, 0.15) is 68.6 Å². The van der Waals surface area contributed by atoms with Crippen LogP contribution in [0, 0.1) is 11.8 Å². The number of nitrogens with one attached hydrogen (secondary N) is 1. The molecular formula is C21H33NO2. The van der Waals surface area contributed by atoms with Crippen LogP contribution in [0.15, 0.2) is 18.2 Å². The van der Waals surface area contributed by atoms with Gasteiger partial charge >= 0.3 is 0 Å². The lowest BCUT2D eigenvalue weighted by Gasteiger charge is -2.30. The molecule has 2 atom stereocenters. The molecule has 0 heterocycles. The molecule has 1 aromatic carbocycles. The molecule has 3 rings (SSSR count). The van der Waals surface area contributed by atoms with Gasteiger partial charge in [-0.1, -0.05) is 38.2 Å². The van der Waals surface area contributed by atoms with E-state index in [4.69, 9.17) is 4.74 Å². The molecule has 0 bridgehead atoms. The van der Waals surface area contributed by atoms with Crippen molar-refractivity contribution in [1.82, 2.24) is 5.32 Å². The fourth-order valence-electron chi connectivity index (χ4n) is 4.46.